The van der Waals surface area contributed by atoms with Crippen LogP contribution in [0.5, 0.6) is 0 Å². The second-order valence-corrected chi connectivity index (χ2v) is 7.79. The van der Waals surface area contributed by atoms with E-state index in [1.54, 1.807) is 0 Å². The predicted octanol–water partition coefficient (Wildman–Crippen LogP) is 4.75. The highest BCUT2D eigenvalue weighted by molar-refractivity contribution is 5.84. The fourth-order valence-electron chi connectivity index (χ4n) is 4.30. The second-order valence-electron chi connectivity index (χ2n) is 7.79. The largest absolute Gasteiger partial charge is 0.399 e. The number of fused-ring (bicyclic) bond motifs is 2. The molecule has 1 aliphatic rings. The van der Waals surface area contributed by atoms with Crippen LogP contribution in [0.15, 0.2) is 67.3 Å². The number of nitrogen functional groups attached to an aromatic ring is 1. The van der Waals surface area contributed by atoms with Crippen LogP contribution < -0.4 is 11.1 Å². The maximum absolute atomic E-state index is 6.01. The van der Waals surface area contributed by atoms with Gasteiger partial charge in [-0.25, -0.2) is 9.97 Å². The van der Waals surface area contributed by atoms with Gasteiger partial charge in [0.25, 0.3) is 0 Å². The van der Waals surface area contributed by atoms with Crippen molar-refractivity contribution >= 4 is 22.4 Å². The summed E-state index contributed by atoms with van der Waals surface area (Å²) in [6.45, 7) is 0.945. The van der Waals surface area contributed by atoms with E-state index in [1.807, 2.05) is 36.9 Å². The van der Waals surface area contributed by atoms with Crippen molar-refractivity contribution in [2.45, 2.75) is 38.3 Å². The van der Waals surface area contributed by atoms with E-state index in [0.29, 0.717) is 6.04 Å². The second kappa shape index (κ2) is 7.59. The molecule has 0 saturated carbocycles. The highest BCUT2D eigenvalue weighted by atomic mass is 15.0. The van der Waals surface area contributed by atoms with Gasteiger partial charge in [0.15, 0.2) is 0 Å². The number of hydrogen-bond acceptors (Lipinski definition) is 4. The van der Waals surface area contributed by atoms with Gasteiger partial charge in [-0.15, -0.1) is 0 Å². The molecule has 5 heteroatoms. The fourth-order valence-corrected chi connectivity index (χ4v) is 4.30. The Hall–Kier alpha value is -3.34. The van der Waals surface area contributed by atoms with Crippen molar-refractivity contribution in [2.75, 3.05) is 11.1 Å². The Morgan fingerprint density at radius 3 is 2.97 bits per heavy atom. The highest BCUT2D eigenvalue weighted by Crippen LogP contribution is 2.35. The summed E-state index contributed by atoms with van der Waals surface area (Å²) in [5.41, 5.74) is 11.8. The zero-order chi connectivity index (χ0) is 19.6. The van der Waals surface area contributed by atoms with Gasteiger partial charge in [0.2, 0.25) is 0 Å². The molecule has 0 bridgehead atoms. The average molecular weight is 383 g/mol. The van der Waals surface area contributed by atoms with E-state index in [9.17, 15) is 0 Å². The monoisotopic (exact) mass is 383 g/mol. The first-order valence-electron chi connectivity index (χ1n) is 10.3. The van der Waals surface area contributed by atoms with Gasteiger partial charge in [0.1, 0.15) is 5.82 Å². The van der Waals surface area contributed by atoms with Gasteiger partial charge < -0.3 is 15.6 Å². The third-order valence-corrected chi connectivity index (χ3v) is 5.78. The molecule has 3 N–H and O–H groups in total. The summed E-state index contributed by atoms with van der Waals surface area (Å²) in [6, 6.07) is 17.2. The van der Waals surface area contributed by atoms with Crippen molar-refractivity contribution in [1.82, 2.24) is 14.5 Å². The summed E-state index contributed by atoms with van der Waals surface area (Å²) in [5.74, 6) is 0.995. The number of benzene rings is 2. The molecular weight excluding hydrogens is 358 g/mol. The molecule has 4 aromatic rings. The van der Waals surface area contributed by atoms with Crippen molar-refractivity contribution in [3.05, 3.63) is 83.9 Å². The molecular formula is C24H25N5. The lowest BCUT2D eigenvalue weighted by molar-refractivity contribution is 0.641. The van der Waals surface area contributed by atoms with Crippen LogP contribution in [0.1, 0.15) is 35.6 Å². The highest BCUT2D eigenvalue weighted by Gasteiger charge is 2.23. The van der Waals surface area contributed by atoms with Gasteiger partial charge in [-0.05, 0) is 66.6 Å². The first-order chi connectivity index (χ1) is 14.3. The van der Waals surface area contributed by atoms with Gasteiger partial charge in [0, 0.05) is 30.0 Å². The van der Waals surface area contributed by atoms with E-state index in [0.717, 1.165) is 54.6 Å². The normalized spacial score (nSPS) is 15.5. The van der Waals surface area contributed by atoms with Crippen LogP contribution in [0.25, 0.3) is 10.9 Å². The molecule has 0 unspecified atom stereocenters. The number of nitrogens with one attached hydrogen (secondary N) is 1. The fraction of sp³-hybridized carbons (Fsp3) is 0.250. The van der Waals surface area contributed by atoms with E-state index in [4.69, 9.17) is 10.7 Å². The smallest absolute Gasteiger partial charge is 0.130 e. The van der Waals surface area contributed by atoms with Crippen LogP contribution in [-0.4, -0.2) is 14.5 Å². The van der Waals surface area contributed by atoms with E-state index >= 15 is 0 Å². The standard InChI is InChI=1S/C24H25N5/c25-20-8-10-22-19(15-20)14-18(5-3-12-29-13-11-26-16-29)24(27-22)28-23-9-7-17-4-1-2-6-21(17)23/h1-2,4,6,8,10-11,13-16,23H,3,5,7,9,12,25H2,(H,27,28)/t23-/m1/s1. The number of aryl methyl sites for hydroxylation is 3. The van der Waals surface area contributed by atoms with E-state index in [1.165, 1.54) is 16.7 Å². The van der Waals surface area contributed by atoms with Crippen molar-refractivity contribution < 1.29 is 0 Å². The van der Waals surface area contributed by atoms with Crippen molar-refractivity contribution in [2.24, 2.45) is 0 Å². The number of imidazole rings is 1. The Kier molecular flexibility index (Phi) is 4.64. The molecule has 5 rings (SSSR count). The minimum absolute atomic E-state index is 0.317. The third kappa shape index (κ3) is 3.68. The molecule has 0 spiro atoms. The maximum atomic E-state index is 6.01. The average Bonchev–Trinajstić information content (AvgIpc) is 3.39. The summed E-state index contributed by atoms with van der Waals surface area (Å²) >= 11 is 0. The van der Waals surface area contributed by atoms with Crippen molar-refractivity contribution in [3.8, 4) is 0 Å². The third-order valence-electron chi connectivity index (χ3n) is 5.78. The summed E-state index contributed by atoms with van der Waals surface area (Å²) < 4.78 is 2.12. The van der Waals surface area contributed by atoms with Crippen molar-refractivity contribution in [1.29, 1.82) is 0 Å². The first-order valence-corrected chi connectivity index (χ1v) is 10.3. The molecule has 2 heterocycles. The van der Waals surface area contributed by atoms with Crippen LogP contribution in [0, 0.1) is 0 Å². The molecule has 1 atom stereocenters. The van der Waals surface area contributed by atoms with Gasteiger partial charge in [0.05, 0.1) is 17.9 Å². The Bertz CT molecular complexity index is 1130. The number of anilines is 2. The molecule has 5 nitrogen and oxygen atoms in total. The Morgan fingerprint density at radius 1 is 1.14 bits per heavy atom. The molecule has 0 radical (unpaired) electrons. The molecule has 2 aromatic heterocycles. The zero-order valence-electron chi connectivity index (χ0n) is 16.4. The molecule has 2 aromatic carbocycles. The van der Waals surface area contributed by atoms with Gasteiger partial charge in [-0.1, -0.05) is 24.3 Å². The lowest BCUT2D eigenvalue weighted by Crippen LogP contribution is -2.11. The molecule has 0 amide bonds. The van der Waals surface area contributed by atoms with Crippen LogP contribution in [-0.2, 0) is 19.4 Å². The molecule has 29 heavy (non-hydrogen) atoms. The number of aromatic nitrogens is 3. The van der Waals surface area contributed by atoms with Crippen LogP contribution in [0.4, 0.5) is 11.5 Å². The number of nitrogens with zero attached hydrogens (tertiary/aromatic N) is 3. The molecule has 0 aliphatic heterocycles. The van der Waals surface area contributed by atoms with Crippen LogP contribution in [0.2, 0.25) is 0 Å². The lowest BCUT2D eigenvalue weighted by Gasteiger charge is -2.19. The topological polar surface area (TPSA) is 68.8 Å². The predicted molar refractivity (Wildman–Crippen MR) is 118 cm³/mol. The lowest BCUT2D eigenvalue weighted by atomic mass is 10.0. The molecule has 0 fully saturated rings. The zero-order valence-corrected chi connectivity index (χ0v) is 16.4. The maximum Gasteiger partial charge on any atom is 0.130 e. The van der Waals surface area contributed by atoms with Crippen LogP contribution in [0.3, 0.4) is 0 Å². The number of hydrogen-bond donors (Lipinski definition) is 2. The van der Waals surface area contributed by atoms with Gasteiger partial charge in [-0.2, -0.15) is 0 Å². The minimum Gasteiger partial charge on any atom is -0.399 e. The number of nitrogens with two attached hydrogens (primary N) is 1. The molecule has 146 valence electrons. The quantitative estimate of drug-likeness (QED) is 0.472. The summed E-state index contributed by atoms with van der Waals surface area (Å²) in [4.78, 5) is 9.11. The first kappa shape index (κ1) is 17.7. The van der Waals surface area contributed by atoms with Gasteiger partial charge in [-0.3, -0.25) is 0 Å². The van der Waals surface area contributed by atoms with E-state index in [2.05, 4.69) is 45.2 Å². The van der Waals surface area contributed by atoms with Gasteiger partial charge >= 0.3 is 0 Å². The Balaban J connectivity index is 1.44. The SMILES string of the molecule is Nc1ccc2nc(N[C@@H]3CCc4ccccc43)c(CCCn3ccnc3)cc2c1. The number of pyridine rings is 1. The molecule has 1 aliphatic carbocycles. The van der Waals surface area contributed by atoms with Crippen molar-refractivity contribution in [3.63, 3.8) is 0 Å². The van der Waals surface area contributed by atoms with E-state index in [-0.39, 0.29) is 0 Å². The molecule has 0 saturated heterocycles. The van der Waals surface area contributed by atoms with Crippen LogP contribution >= 0.6 is 0 Å². The minimum atomic E-state index is 0.317. The summed E-state index contributed by atoms with van der Waals surface area (Å²) in [6.07, 6.45) is 9.91. The number of rotatable bonds is 6. The Morgan fingerprint density at radius 2 is 2.07 bits per heavy atom. The summed E-state index contributed by atoms with van der Waals surface area (Å²) in [5, 5.41) is 4.85. The summed E-state index contributed by atoms with van der Waals surface area (Å²) in [7, 11) is 0. The Labute approximate surface area is 170 Å². The van der Waals surface area contributed by atoms with E-state index < -0.39 is 0 Å².